The molecule has 1 saturated carbocycles. The van der Waals surface area contributed by atoms with E-state index < -0.39 is 0 Å². The number of rotatable bonds is 3. The largest absolute Gasteiger partial charge is 0.468 e. The Morgan fingerprint density at radius 2 is 1.01 bits per heavy atom. The number of benzene rings is 6. The summed E-state index contributed by atoms with van der Waals surface area (Å²) in [7, 11) is 0. The predicted octanol–water partition coefficient (Wildman–Crippen LogP) is 16.8. The van der Waals surface area contributed by atoms with Gasteiger partial charge in [0.05, 0.1) is 17.0 Å². The number of nitrogens with zero attached hydrogens (tertiary/aromatic N) is 2. The molecule has 0 saturated heterocycles. The third-order valence-electron chi connectivity index (χ3n) is 18.9. The van der Waals surface area contributed by atoms with Crippen LogP contribution in [0.3, 0.4) is 0 Å². The monoisotopic (exact) mass is 937 g/mol. The minimum atomic E-state index is -0.148. The number of fused-ring (bicyclic) bond motifs is 9. The Hall–Kier alpha value is -5.48. The third kappa shape index (κ3) is 6.88. The summed E-state index contributed by atoms with van der Waals surface area (Å²) in [6.45, 7) is 38.4. The number of hydrogen-bond donors (Lipinski definition) is 0. The lowest BCUT2D eigenvalue weighted by atomic mass is 9.35. The summed E-state index contributed by atoms with van der Waals surface area (Å²) in [5.74, 6) is 0. The van der Waals surface area contributed by atoms with Crippen LogP contribution in [0.15, 0.2) is 108 Å². The Kier molecular flexibility index (Phi) is 9.73. The Balaban J connectivity index is 1.27. The molecular formula is C67H77BN2O. The Labute approximate surface area is 426 Å². The van der Waals surface area contributed by atoms with Crippen molar-refractivity contribution in [2.24, 2.45) is 0 Å². The second-order valence-electron chi connectivity index (χ2n) is 27.9. The van der Waals surface area contributed by atoms with Gasteiger partial charge in [0, 0.05) is 33.7 Å². The molecule has 6 aliphatic rings. The maximum Gasteiger partial charge on any atom is 0.297 e. The fourth-order valence-corrected chi connectivity index (χ4v) is 13.8. The predicted molar refractivity (Wildman–Crippen MR) is 305 cm³/mol. The average molecular weight is 937 g/mol. The molecule has 7 aromatic rings. The highest BCUT2D eigenvalue weighted by Crippen LogP contribution is 2.59. The van der Waals surface area contributed by atoms with Crippen molar-refractivity contribution >= 4 is 68.4 Å². The molecule has 0 amide bonds. The van der Waals surface area contributed by atoms with Gasteiger partial charge in [-0.25, -0.2) is 0 Å². The van der Waals surface area contributed by atoms with Gasteiger partial charge in [-0.1, -0.05) is 158 Å². The first-order valence-electron chi connectivity index (χ1n) is 27.1. The quantitative estimate of drug-likeness (QED) is 0.165. The number of aryl methyl sites for hydroxylation is 1. The summed E-state index contributed by atoms with van der Waals surface area (Å²) in [6, 6.07) is 41.4. The van der Waals surface area contributed by atoms with Crippen molar-refractivity contribution in [3.63, 3.8) is 0 Å². The summed E-state index contributed by atoms with van der Waals surface area (Å²) >= 11 is 0. The van der Waals surface area contributed by atoms with Gasteiger partial charge in [-0.15, -0.1) is 0 Å². The van der Waals surface area contributed by atoms with Crippen LogP contribution in [0.2, 0.25) is 0 Å². The van der Waals surface area contributed by atoms with Crippen molar-refractivity contribution < 1.29 is 4.42 Å². The highest BCUT2D eigenvalue weighted by Gasteiger charge is 2.52. The van der Waals surface area contributed by atoms with Gasteiger partial charge in [0.2, 0.25) is 0 Å². The highest BCUT2D eigenvalue weighted by atomic mass is 16.3. The number of anilines is 6. The van der Waals surface area contributed by atoms with Gasteiger partial charge in [-0.2, -0.15) is 0 Å². The molecule has 71 heavy (non-hydrogen) atoms. The van der Waals surface area contributed by atoms with E-state index in [2.05, 4.69) is 224 Å². The topological polar surface area (TPSA) is 19.6 Å². The van der Waals surface area contributed by atoms with Crippen LogP contribution in [0.5, 0.6) is 0 Å². The molecule has 13 rings (SSSR count). The fourth-order valence-electron chi connectivity index (χ4n) is 13.8. The number of furan rings is 1. The van der Waals surface area contributed by atoms with Crippen LogP contribution in [0, 0.1) is 6.92 Å². The van der Waals surface area contributed by atoms with Crippen molar-refractivity contribution in [1.82, 2.24) is 0 Å². The van der Waals surface area contributed by atoms with Crippen molar-refractivity contribution in [1.29, 1.82) is 0 Å². The second-order valence-corrected chi connectivity index (χ2v) is 27.9. The minimum absolute atomic E-state index is 0.000686. The van der Waals surface area contributed by atoms with E-state index in [1.165, 1.54) is 126 Å². The molecule has 0 radical (unpaired) electrons. The zero-order chi connectivity index (χ0) is 50.3. The molecule has 0 unspecified atom stereocenters. The minimum Gasteiger partial charge on any atom is -0.468 e. The molecule has 4 aliphatic carbocycles. The van der Waals surface area contributed by atoms with Crippen molar-refractivity contribution in [3.8, 4) is 11.1 Å². The zero-order valence-electron chi connectivity index (χ0n) is 45.9. The molecule has 1 fully saturated rings. The lowest BCUT2D eigenvalue weighted by Crippen LogP contribution is -2.61. The molecule has 3 nitrogen and oxygen atoms in total. The summed E-state index contributed by atoms with van der Waals surface area (Å²) in [6.07, 6.45) is 7.24. The third-order valence-corrected chi connectivity index (χ3v) is 18.9. The van der Waals surface area contributed by atoms with Crippen LogP contribution in [0.1, 0.15) is 187 Å². The Morgan fingerprint density at radius 1 is 0.479 bits per heavy atom. The summed E-state index contributed by atoms with van der Waals surface area (Å²) < 4.78 is 7.81. The van der Waals surface area contributed by atoms with Gasteiger partial charge < -0.3 is 14.2 Å². The molecular weight excluding hydrogens is 860 g/mol. The van der Waals surface area contributed by atoms with E-state index >= 15 is 0 Å². The summed E-state index contributed by atoms with van der Waals surface area (Å²) in [5, 5.41) is 1.24. The van der Waals surface area contributed by atoms with Gasteiger partial charge >= 0.3 is 0 Å². The molecule has 0 atom stereocenters. The van der Waals surface area contributed by atoms with Gasteiger partial charge in [-0.3, -0.25) is 0 Å². The molecule has 3 heterocycles. The molecule has 2 aliphatic heterocycles. The molecule has 364 valence electrons. The van der Waals surface area contributed by atoms with Gasteiger partial charge in [0.1, 0.15) is 5.58 Å². The average Bonchev–Trinajstić information content (AvgIpc) is 3.68. The zero-order valence-corrected chi connectivity index (χ0v) is 45.9. The van der Waals surface area contributed by atoms with Crippen LogP contribution in [-0.2, 0) is 37.9 Å². The smallest absolute Gasteiger partial charge is 0.297 e. The van der Waals surface area contributed by atoms with E-state index in [0.29, 0.717) is 0 Å². The van der Waals surface area contributed by atoms with Crippen molar-refractivity contribution in [2.75, 3.05) is 9.80 Å². The van der Waals surface area contributed by atoms with Crippen LogP contribution in [0.4, 0.5) is 34.1 Å². The highest BCUT2D eigenvalue weighted by molar-refractivity contribution is 7.00. The van der Waals surface area contributed by atoms with E-state index in [4.69, 9.17) is 4.42 Å². The lowest BCUT2D eigenvalue weighted by Gasteiger charge is -2.52. The van der Waals surface area contributed by atoms with Crippen LogP contribution in [0.25, 0.3) is 22.1 Å². The normalized spacial score (nSPS) is 21.7. The first-order valence-corrected chi connectivity index (χ1v) is 27.1. The first kappa shape index (κ1) is 46.6. The molecule has 0 spiro atoms. The van der Waals surface area contributed by atoms with E-state index in [1.807, 2.05) is 0 Å². The van der Waals surface area contributed by atoms with E-state index in [-0.39, 0.29) is 44.6 Å². The summed E-state index contributed by atoms with van der Waals surface area (Å²) in [4.78, 5) is 5.37. The first-order chi connectivity index (χ1) is 33.2. The van der Waals surface area contributed by atoms with Crippen LogP contribution < -0.4 is 26.4 Å². The SMILES string of the molecule is Cc1cc(C(C)(C)C)ccc1N1c2ccc(C(C)(C)C)cc2B2c3oc4cc5c(cc4c3N(c3cc4c(cc3-c3ccccc3)C(C)(C)CCC4(C)C)c3cc(C(C)(C)C)cc1c32)C1(C)CCC5(C)CC1. The molecule has 4 heteroatoms. The summed E-state index contributed by atoms with van der Waals surface area (Å²) in [5.41, 5.74) is 26.1. The lowest BCUT2D eigenvalue weighted by molar-refractivity contribution is 0.188. The maximum absolute atomic E-state index is 7.81. The van der Waals surface area contributed by atoms with E-state index in [9.17, 15) is 0 Å². The van der Waals surface area contributed by atoms with Crippen LogP contribution in [-0.4, -0.2) is 6.71 Å². The van der Waals surface area contributed by atoms with E-state index in [0.717, 1.165) is 24.1 Å². The number of hydrogen-bond acceptors (Lipinski definition) is 3. The Morgan fingerprint density at radius 3 is 1.59 bits per heavy atom. The molecule has 6 aromatic carbocycles. The van der Waals surface area contributed by atoms with Crippen molar-refractivity contribution in [2.45, 2.75) is 187 Å². The van der Waals surface area contributed by atoms with Gasteiger partial charge in [0.25, 0.3) is 6.71 Å². The van der Waals surface area contributed by atoms with Gasteiger partial charge in [-0.05, 0) is 193 Å². The Bertz CT molecular complexity index is 3370. The standard InChI is InChI=1S/C67H77BN2O/c1-40-32-42(61(2,3)4)22-24-52(40)69-53-25-23-43(62(5,6)7)33-51(53)68-58-55(69)34-44(63(8,9)10)35-56(58)70(59-46-37-49-50(39-57(46)71-60(59)68)67(16)30-28-66(49,15)29-31-67)54-38-48-47(64(11,12)26-27-65(48,13)14)36-45(54)41-20-18-17-19-21-41/h17-25,32-39H,26-31H2,1-16H3. The maximum atomic E-state index is 7.81. The molecule has 2 bridgehead atoms. The second kappa shape index (κ2) is 14.8. The fraction of sp³-hybridized carbons (Fsp3) is 0.433. The van der Waals surface area contributed by atoms with E-state index in [1.54, 1.807) is 5.56 Å². The van der Waals surface area contributed by atoms with Crippen LogP contribution >= 0.6 is 0 Å². The van der Waals surface area contributed by atoms with Gasteiger partial charge in [0.15, 0.2) is 0 Å². The van der Waals surface area contributed by atoms with Crippen molar-refractivity contribution in [3.05, 3.63) is 148 Å². The molecule has 0 N–H and O–H groups in total. The molecule has 1 aromatic heterocycles.